The van der Waals surface area contributed by atoms with E-state index in [0.29, 0.717) is 16.3 Å². The summed E-state index contributed by atoms with van der Waals surface area (Å²) in [5.74, 6) is 0.628. The standard InChI is InChI=1S/C13H18BrNO3/c1-17-12-6-9(5-11(14)13(12)16)7-15-10-3-2-4-18-8-10/h5-6,10,15-16H,2-4,7-8H2,1H3. The molecule has 1 aliphatic heterocycles. The first-order valence-electron chi connectivity index (χ1n) is 6.07. The van der Waals surface area contributed by atoms with Gasteiger partial charge in [0.25, 0.3) is 0 Å². The van der Waals surface area contributed by atoms with Gasteiger partial charge in [0.1, 0.15) is 0 Å². The van der Waals surface area contributed by atoms with E-state index < -0.39 is 0 Å². The molecule has 1 atom stereocenters. The van der Waals surface area contributed by atoms with Gasteiger partial charge in [-0.3, -0.25) is 0 Å². The molecule has 1 fully saturated rings. The highest BCUT2D eigenvalue weighted by atomic mass is 79.9. The number of rotatable bonds is 4. The maximum absolute atomic E-state index is 9.73. The summed E-state index contributed by atoms with van der Waals surface area (Å²) in [4.78, 5) is 0. The number of phenols is 1. The Labute approximate surface area is 115 Å². The number of hydrogen-bond donors (Lipinski definition) is 2. The van der Waals surface area contributed by atoms with E-state index in [-0.39, 0.29) is 5.75 Å². The molecule has 0 saturated carbocycles. The van der Waals surface area contributed by atoms with Gasteiger partial charge in [-0.15, -0.1) is 0 Å². The fourth-order valence-corrected chi connectivity index (χ4v) is 2.54. The lowest BCUT2D eigenvalue weighted by Gasteiger charge is -2.23. The zero-order valence-electron chi connectivity index (χ0n) is 10.4. The van der Waals surface area contributed by atoms with Crippen molar-refractivity contribution >= 4 is 15.9 Å². The summed E-state index contributed by atoms with van der Waals surface area (Å²) < 4.78 is 11.2. The van der Waals surface area contributed by atoms with Crippen molar-refractivity contribution in [1.82, 2.24) is 5.32 Å². The molecule has 1 aliphatic rings. The fourth-order valence-electron chi connectivity index (χ4n) is 2.05. The second kappa shape index (κ2) is 6.41. The molecular weight excluding hydrogens is 298 g/mol. The van der Waals surface area contributed by atoms with E-state index in [2.05, 4.69) is 21.2 Å². The minimum absolute atomic E-state index is 0.141. The highest BCUT2D eigenvalue weighted by Gasteiger charge is 2.14. The van der Waals surface area contributed by atoms with E-state index in [1.165, 1.54) is 0 Å². The van der Waals surface area contributed by atoms with E-state index in [0.717, 1.165) is 38.2 Å². The first-order chi connectivity index (χ1) is 8.70. The molecule has 0 radical (unpaired) electrons. The number of ether oxygens (including phenoxy) is 2. The van der Waals surface area contributed by atoms with Gasteiger partial charge in [-0.25, -0.2) is 0 Å². The third-order valence-corrected chi connectivity index (χ3v) is 3.67. The average Bonchev–Trinajstić information content (AvgIpc) is 2.41. The third kappa shape index (κ3) is 3.37. The first kappa shape index (κ1) is 13.6. The molecule has 2 N–H and O–H groups in total. The van der Waals surface area contributed by atoms with E-state index in [9.17, 15) is 5.11 Å². The molecule has 0 bridgehead atoms. The number of phenolic OH excluding ortho intramolecular Hbond substituents is 1. The van der Waals surface area contributed by atoms with Crippen LogP contribution in [0.4, 0.5) is 0 Å². The molecule has 1 aromatic carbocycles. The summed E-state index contributed by atoms with van der Waals surface area (Å²) in [6.07, 6.45) is 2.26. The van der Waals surface area contributed by atoms with Crippen LogP contribution in [0.25, 0.3) is 0 Å². The van der Waals surface area contributed by atoms with Crippen molar-refractivity contribution < 1.29 is 14.6 Å². The Kier molecular flexibility index (Phi) is 4.86. The molecule has 0 spiro atoms. The van der Waals surface area contributed by atoms with Crippen molar-refractivity contribution in [3.05, 3.63) is 22.2 Å². The van der Waals surface area contributed by atoms with Gasteiger partial charge in [0.2, 0.25) is 0 Å². The quantitative estimate of drug-likeness (QED) is 0.896. The number of hydrogen-bond acceptors (Lipinski definition) is 4. The Bertz CT molecular complexity index is 405. The normalized spacial score (nSPS) is 19.8. The van der Waals surface area contributed by atoms with Crippen LogP contribution in [0.5, 0.6) is 11.5 Å². The molecule has 1 aromatic rings. The molecule has 0 amide bonds. The summed E-state index contributed by atoms with van der Waals surface area (Å²) in [7, 11) is 1.55. The molecule has 1 unspecified atom stereocenters. The maximum Gasteiger partial charge on any atom is 0.172 e. The van der Waals surface area contributed by atoms with Crippen LogP contribution in [-0.2, 0) is 11.3 Å². The number of aromatic hydroxyl groups is 1. The number of methoxy groups -OCH3 is 1. The summed E-state index contributed by atoms with van der Waals surface area (Å²) in [5, 5.41) is 13.2. The fraction of sp³-hybridized carbons (Fsp3) is 0.538. The summed E-state index contributed by atoms with van der Waals surface area (Å²) in [5.41, 5.74) is 1.07. The molecule has 2 rings (SSSR count). The highest BCUT2D eigenvalue weighted by Crippen LogP contribution is 2.35. The van der Waals surface area contributed by atoms with Crippen LogP contribution in [-0.4, -0.2) is 31.5 Å². The molecule has 4 nitrogen and oxygen atoms in total. The maximum atomic E-state index is 9.73. The molecule has 18 heavy (non-hydrogen) atoms. The van der Waals surface area contributed by atoms with Crippen LogP contribution in [0.1, 0.15) is 18.4 Å². The zero-order chi connectivity index (χ0) is 13.0. The summed E-state index contributed by atoms with van der Waals surface area (Å²) in [6, 6.07) is 4.16. The Morgan fingerprint density at radius 1 is 1.56 bits per heavy atom. The zero-order valence-corrected chi connectivity index (χ0v) is 12.0. The second-order valence-electron chi connectivity index (χ2n) is 4.42. The van der Waals surface area contributed by atoms with Crippen molar-refractivity contribution in [2.75, 3.05) is 20.3 Å². The third-order valence-electron chi connectivity index (χ3n) is 3.06. The van der Waals surface area contributed by atoms with Gasteiger partial charge in [-0.1, -0.05) is 0 Å². The van der Waals surface area contributed by atoms with Crippen LogP contribution in [0.2, 0.25) is 0 Å². The van der Waals surface area contributed by atoms with Crippen LogP contribution < -0.4 is 10.1 Å². The molecule has 1 heterocycles. The highest BCUT2D eigenvalue weighted by molar-refractivity contribution is 9.10. The number of nitrogens with one attached hydrogen (secondary N) is 1. The predicted molar refractivity (Wildman–Crippen MR) is 73.0 cm³/mol. The Morgan fingerprint density at radius 2 is 2.39 bits per heavy atom. The lowest BCUT2D eigenvalue weighted by Crippen LogP contribution is -2.36. The molecule has 100 valence electrons. The van der Waals surface area contributed by atoms with Gasteiger partial charge in [-0.2, -0.15) is 0 Å². The lowest BCUT2D eigenvalue weighted by molar-refractivity contribution is 0.0699. The van der Waals surface area contributed by atoms with Gasteiger partial charge < -0.3 is 19.9 Å². The molecule has 0 aromatic heterocycles. The smallest absolute Gasteiger partial charge is 0.172 e. The van der Waals surface area contributed by atoms with Crippen LogP contribution in [0.3, 0.4) is 0 Å². The molecule has 1 saturated heterocycles. The van der Waals surface area contributed by atoms with E-state index in [1.54, 1.807) is 7.11 Å². The average molecular weight is 316 g/mol. The first-order valence-corrected chi connectivity index (χ1v) is 6.86. The summed E-state index contributed by atoms with van der Waals surface area (Å²) >= 11 is 3.32. The number of halogens is 1. The van der Waals surface area contributed by atoms with Gasteiger partial charge in [0.05, 0.1) is 18.2 Å². The Balaban J connectivity index is 1.98. The minimum atomic E-state index is 0.141. The van der Waals surface area contributed by atoms with Crippen LogP contribution in [0.15, 0.2) is 16.6 Å². The van der Waals surface area contributed by atoms with Gasteiger partial charge in [-0.05, 0) is 46.5 Å². The summed E-state index contributed by atoms with van der Waals surface area (Å²) in [6.45, 7) is 2.39. The Morgan fingerprint density at radius 3 is 3.06 bits per heavy atom. The van der Waals surface area contributed by atoms with Crippen molar-refractivity contribution in [2.45, 2.75) is 25.4 Å². The molecule has 0 aliphatic carbocycles. The van der Waals surface area contributed by atoms with Crippen molar-refractivity contribution in [1.29, 1.82) is 0 Å². The van der Waals surface area contributed by atoms with Gasteiger partial charge >= 0.3 is 0 Å². The van der Waals surface area contributed by atoms with Gasteiger partial charge in [0, 0.05) is 19.2 Å². The van der Waals surface area contributed by atoms with Crippen LogP contribution >= 0.6 is 15.9 Å². The van der Waals surface area contributed by atoms with Crippen molar-refractivity contribution in [3.8, 4) is 11.5 Å². The van der Waals surface area contributed by atoms with E-state index >= 15 is 0 Å². The molecular formula is C13H18BrNO3. The van der Waals surface area contributed by atoms with E-state index in [4.69, 9.17) is 9.47 Å². The number of benzene rings is 1. The monoisotopic (exact) mass is 315 g/mol. The second-order valence-corrected chi connectivity index (χ2v) is 5.28. The van der Waals surface area contributed by atoms with Crippen LogP contribution in [0, 0.1) is 0 Å². The van der Waals surface area contributed by atoms with Crippen molar-refractivity contribution in [3.63, 3.8) is 0 Å². The van der Waals surface area contributed by atoms with E-state index in [1.807, 2.05) is 12.1 Å². The van der Waals surface area contributed by atoms with Gasteiger partial charge in [0.15, 0.2) is 11.5 Å². The minimum Gasteiger partial charge on any atom is -0.503 e. The SMILES string of the molecule is COc1cc(CNC2CCCOC2)cc(Br)c1O. The Hall–Kier alpha value is -0.780. The van der Waals surface area contributed by atoms with Crippen molar-refractivity contribution in [2.24, 2.45) is 0 Å². The lowest BCUT2D eigenvalue weighted by atomic mass is 10.1. The largest absolute Gasteiger partial charge is 0.503 e. The topological polar surface area (TPSA) is 50.7 Å². The predicted octanol–water partition coefficient (Wildman–Crippen LogP) is 2.43. The molecule has 5 heteroatoms.